The second-order valence-electron chi connectivity index (χ2n) is 3.64. The van der Waals surface area contributed by atoms with Gasteiger partial charge in [-0.05, 0) is 22.9 Å². The highest BCUT2D eigenvalue weighted by Gasteiger charge is 2.18. The number of nitrogens with zero attached hydrogens (tertiary/aromatic N) is 3. The van der Waals surface area contributed by atoms with Crippen molar-refractivity contribution >= 4 is 34.6 Å². The minimum Gasteiger partial charge on any atom is -0.272 e. The van der Waals surface area contributed by atoms with Gasteiger partial charge in [-0.15, -0.1) is 0 Å². The van der Waals surface area contributed by atoms with E-state index in [2.05, 4.69) is 10.5 Å². The molecule has 1 aromatic heterocycles. The largest absolute Gasteiger partial charge is 0.301 e. The van der Waals surface area contributed by atoms with Crippen molar-refractivity contribution in [1.29, 1.82) is 0 Å². The third-order valence-electron chi connectivity index (χ3n) is 2.33. The highest BCUT2D eigenvalue weighted by molar-refractivity contribution is 7.08. The summed E-state index contributed by atoms with van der Waals surface area (Å²) in [7, 11) is 0. The van der Waals surface area contributed by atoms with E-state index in [4.69, 9.17) is 0 Å². The summed E-state index contributed by atoms with van der Waals surface area (Å²) in [5.74, 6) is 0. The quantitative estimate of drug-likeness (QED) is 0.517. The molecule has 8 nitrogen and oxygen atoms in total. The van der Waals surface area contributed by atoms with E-state index in [0.717, 1.165) is 11.6 Å². The van der Waals surface area contributed by atoms with Gasteiger partial charge in [0.25, 0.3) is 5.69 Å². The van der Waals surface area contributed by atoms with Gasteiger partial charge < -0.3 is 0 Å². The van der Waals surface area contributed by atoms with Gasteiger partial charge in [0.15, 0.2) is 0 Å². The number of hydrogen-bond acceptors (Lipinski definition) is 7. The lowest BCUT2D eigenvalue weighted by Crippen LogP contribution is -1.98. The van der Waals surface area contributed by atoms with Crippen molar-refractivity contribution in [2.75, 3.05) is 5.43 Å². The Kier molecular flexibility index (Phi) is 4.01. The number of anilines is 1. The number of rotatable bonds is 5. The van der Waals surface area contributed by atoms with E-state index in [1.165, 1.54) is 29.7 Å². The van der Waals surface area contributed by atoms with E-state index in [1.54, 1.807) is 0 Å². The zero-order chi connectivity index (χ0) is 14.5. The number of nitro groups is 2. The molecule has 1 aromatic carbocycles. The third-order valence-corrected chi connectivity index (χ3v) is 3.03. The summed E-state index contributed by atoms with van der Waals surface area (Å²) in [6.07, 6.45) is 1.50. The minimum atomic E-state index is -0.699. The number of nitro benzene ring substituents is 2. The highest BCUT2D eigenvalue weighted by atomic mass is 32.1. The summed E-state index contributed by atoms with van der Waals surface area (Å²) in [5.41, 5.74) is 2.71. The predicted octanol–water partition coefficient (Wildman–Crippen LogP) is 3.01. The topological polar surface area (TPSA) is 111 Å². The molecule has 102 valence electrons. The van der Waals surface area contributed by atoms with Gasteiger partial charge in [0.1, 0.15) is 5.69 Å². The lowest BCUT2D eigenvalue weighted by molar-refractivity contribution is -0.393. The van der Waals surface area contributed by atoms with Gasteiger partial charge in [0, 0.05) is 11.6 Å². The first-order valence-electron chi connectivity index (χ1n) is 5.32. The molecular weight excluding hydrogens is 284 g/mol. The van der Waals surface area contributed by atoms with E-state index in [9.17, 15) is 20.2 Å². The molecule has 1 heterocycles. The van der Waals surface area contributed by atoms with E-state index >= 15 is 0 Å². The Balaban J connectivity index is 2.22. The van der Waals surface area contributed by atoms with Gasteiger partial charge in [0.05, 0.1) is 22.1 Å². The van der Waals surface area contributed by atoms with E-state index in [1.807, 2.05) is 16.8 Å². The Labute approximate surface area is 116 Å². The molecule has 0 bridgehead atoms. The maximum Gasteiger partial charge on any atom is 0.301 e. The third kappa shape index (κ3) is 3.14. The van der Waals surface area contributed by atoms with E-state index in [0.29, 0.717) is 0 Å². The fourth-order valence-electron chi connectivity index (χ4n) is 1.40. The number of benzene rings is 1. The molecule has 0 saturated heterocycles. The van der Waals surface area contributed by atoms with Crippen LogP contribution >= 0.6 is 11.3 Å². The van der Waals surface area contributed by atoms with Crippen molar-refractivity contribution in [2.24, 2.45) is 5.10 Å². The van der Waals surface area contributed by atoms with Crippen LogP contribution in [-0.4, -0.2) is 16.1 Å². The molecule has 20 heavy (non-hydrogen) atoms. The molecule has 0 fully saturated rings. The fourth-order valence-corrected chi connectivity index (χ4v) is 2.01. The Morgan fingerprint density at radius 2 is 2.00 bits per heavy atom. The summed E-state index contributed by atoms with van der Waals surface area (Å²) in [4.78, 5) is 20.1. The normalized spacial score (nSPS) is 10.6. The molecule has 0 aliphatic rings. The first-order valence-corrected chi connectivity index (χ1v) is 6.26. The molecule has 0 spiro atoms. The predicted molar refractivity (Wildman–Crippen MR) is 75.3 cm³/mol. The van der Waals surface area contributed by atoms with Crippen LogP contribution in [-0.2, 0) is 0 Å². The van der Waals surface area contributed by atoms with Crippen molar-refractivity contribution in [2.45, 2.75) is 0 Å². The smallest absolute Gasteiger partial charge is 0.272 e. The van der Waals surface area contributed by atoms with E-state index in [-0.39, 0.29) is 11.4 Å². The maximum absolute atomic E-state index is 10.9. The van der Waals surface area contributed by atoms with Gasteiger partial charge in [-0.3, -0.25) is 25.7 Å². The molecule has 2 rings (SSSR count). The average molecular weight is 292 g/mol. The summed E-state index contributed by atoms with van der Waals surface area (Å²) >= 11 is 1.50. The monoisotopic (exact) mass is 292 g/mol. The fraction of sp³-hybridized carbons (Fsp3) is 0. The number of thiophene rings is 1. The number of nitrogens with one attached hydrogen (secondary N) is 1. The molecule has 9 heteroatoms. The van der Waals surface area contributed by atoms with Crippen molar-refractivity contribution in [1.82, 2.24) is 0 Å². The SMILES string of the molecule is O=[N+]([O-])c1ccc(NN=Cc2ccsc2)c([N+](=O)[O-])c1. The molecule has 0 amide bonds. The summed E-state index contributed by atoms with van der Waals surface area (Å²) < 4.78 is 0. The molecule has 0 aliphatic carbocycles. The standard InChI is InChI=1S/C11H8N4O4S/c16-14(17)9-1-2-10(11(5-9)15(18)19)13-12-6-8-3-4-20-7-8/h1-7,13H. The molecule has 0 unspecified atom stereocenters. The average Bonchev–Trinajstić information content (AvgIpc) is 2.91. The highest BCUT2D eigenvalue weighted by Crippen LogP contribution is 2.28. The number of non-ortho nitro benzene ring substituents is 1. The van der Waals surface area contributed by atoms with Gasteiger partial charge in [-0.25, -0.2) is 0 Å². The van der Waals surface area contributed by atoms with E-state index < -0.39 is 15.5 Å². The lowest BCUT2D eigenvalue weighted by atomic mass is 10.2. The first kappa shape index (κ1) is 13.6. The maximum atomic E-state index is 10.9. The zero-order valence-electron chi connectivity index (χ0n) is 9.92. The van der Waals surface area contributed by atoms with Crippen LogP contribution in [0.4, 0.5) is 17.1 Å². The van der Waals surface area contributed by atoms with Crippen LogP contribution in [0.25, 0.3) is 0 Å². The van der Waals surface area contributed by atoms with Crippen molar-refractivity contribution in [3.8, 4) is 0 Å². The molecule has 0 aliphatic heterocycles. The molecule has 1 N–H and O–H groups in total. The minimum absolute atomic E-state index is 0.0899. The van der Waals surface area contributed by atoms with Crippen LogP contribution in [0.5, 0.6) is 0 Å². The van der Waals surface area contributed by atoms with Crippen molar-refractivity contribution in [3.05, 3.63) is 60.8 Å². The summed E-state index contributed by atoms with van der Waals surface area (Å²) in [5, 5.41) is 29.1. The summed E-state index contributed by atoms with van der Waals surface area (Å²) in [6, 6.07) is 5.15. The van der Waals surface area contributed by atoms with Crippen LogP contribution in [0.3, 0.4) is 0 Å². The van der Waals surface area contributed by atoms with Crippen LogP contribution in [0.2, 0.25) is 0 Å². The second-order valence-corrected chi connectivity index (χ2v) is 4.42. The Bertz CT molecular complexity index is 669. The van der Waals surface area contributed by atoms with Crippen LogP contribution in [0, 0.1) is 20.2 Å². The van der Waals surface area contributed by atoms with Gasteiger partial charge >= 0.3 is 5.69 Å². The lowest BCUT2D eigenvalue weighted by Gasteiger charge is -2.01. The van der Waals surface area contributed by atoms with Crippen LogP contribution in [0.1, 0.15) is 5.56 Å². The molecule has 0 saturated carbocycles. The van der Waals surface area contributed by atoms with Gasteiger partial charge in [-0.2, -0.15) is 16.4 Å². The molecule has 0 atom stereocenters. The molecule has 2 aromatic rings. The number of hydrogen-bond donors (Lipinski definition) is 1. The number of hydrazone groups is 1. The summed E-state index contributed by atoms with van der Waals surface area (Å²) in [6.45, 7) is 0. The molecular formula is C11H8N4O4S. The Morgan fingerprint density at radius 3 is 2.60 bits per heavy atom. The second kappa shape index (κ2) is 5.89. The van der Waals surface area contributed by atoms with Crippen molar-refractivity contribution in [3.63, 3.8) is 0 Å². The first-order chi connectivity index (χ1) is 9.58. The van der Waals surface area contributed by atoms with Gasteiger partial charge in [-0.1, -0.05) is 0 Å². The van der Waals surface area contributed by atoms with Crippen LogP contribution in [0.15, 0.2) is 40.1 Å². The van der Waals surface area contributed by atoms with Gasteiger partial charge in [0.2, 0.25) is 0 Å². The Hall–Kier alpha value is -2.81. The molecule has 0 radical (unpaired) electrons. The zero-order valence-corrected chi connectivity index (χ0v) is 10.7. The van der Waals surface area contributed by atoms with Crippen molar-refractivity contribution < 1.29 is 9.85 Å². The Morgan fingerprint density at radius 1 is 1.20 bits per heavy atom. The van der Waals surface area contributed by atoms with Crippen LogP contribution < -0.4 is 5.43 Å².